The van der Waals surface area contributed by atoms with Crippen molar-refractivity contribution in [2.45, 2.75) is 31.4 Å². The molecule has 2 aliphatic rings. The van der Waals surface area contributed by atoms with E-state index < -0.39 is 5.37 Å². The lowest BCUT2D eigenvalue weighted by molar-refractivity contribution is -0.124. The molecule has 0 aliphatic carbocycles. The molecular weight excluding hydrogens is 288 g/mol. The van der Waals surface area contributed by atoms with Gasteiger partial charge in [-0.05, 0) is 37.7 Å². The summed E-state index contributed by atoms with van der Waals surface area (Å²) in [5.74, 6) is -0.155. The van der Waals surface area contributed by atoms with E-state index in [1.54, 1.807) is 12.1 Å². The molecule has 21 heavy (non-hydrogen) atoms. The Morgan fingerprint density at radius 2 is 1.71 bits per heavy atom. The van der Waals surface area contributed by atoms with E-state index in [0.717, 1.165) is 11.8 Å². The van der Waals surface area contributed by atoms with Gasteiger partial charge in [0.1, 0.15) is 5.37 Å². The maximum Gasteiger partial charge on any atom is 0.295 e. The van der Waals surface area contributed by atoms with Gasteiger partial charge in [0.2, 0.25) is 0 Å². The van der Waals surface area contributed by atoms with Crippen LogP contribution in [0, 0.1) is 0 Å². The summed E-state index contributed by atoms with van der Waals surface area (Å²) in [5.41, 5.74) is 0.636. The molecule has 112 valence electrons. The first-order valence-corrected chi connectivity index (χ1v) is 7.93. The number of ether oxygens (including phenoxy) is 1. The highest BCUT2D eigenvalue weighted by Gasteiger charge is 2.45. The third kappa shape index (κ3) is 2.84. The van der Waals surface area contributed by atoms with Gasteiger partial charge in [-0.15, -0.1) is 0 Å². The number of rotatable bonds is 2. The molecule has 3 rings (SSSR count). The summed E-state index contributed by atoms with van der Waals surface area (Å²) in [6.45, 7) is 5.32. The number of hydrogen-bond acceptors (Lipinski definition) is 5. The second kappa shape index (κ2) is 5.79. The minimum Gasteiger partial charge on any atom is -0.373 e. The molecule has 5 nitrogen and oxygen atoms in total. The van der Waals surface area contributed by atoms with Gasteiger partial charge in [-0.25, -0.2) is 4.90 Å². The molecule has 2 fully saturated rings. The van der Waals surface area contributed by atoms with Crippen molar-refractivity contribution in [1.82, 2.24) is 4.90 Å². The lowest BCUT2D eigenvalue weighted by atomic mass is 10.2. The summed E-state index contributed by atoms with van der Waals surface area (Å²) in [6, 6.07) is 9.08. The Hall–Kier alpha value is -1.37. The predicted molar refractivity (Wildman–Crippen MR) is 82.3 cm³/mol. The van der Waals surface area contributed by atoms with Crippen molar-refractivity contribution in [2.24, 2.45) is 0 Å². The lowest BCUT2D eigenvalue weighted by Crippen LogP contribution is -2.51. The first-order chi connectivity index (χ1) is 10.1. The molecule has 0 radical (unpaired) electrons. The molecule has 6 heteroatoms. The van der Waals surface area contributed by atoms with Crippen LogP contribution in [0.4, 0.5) is 10.5 Å². The largest absolute Gasteiger partial charge is 0.373 e. The van der Waals surface area contributed by atoms with E-state index >= 15 is 0 Å². The number of amides is 2. The van der Waals surface area contributed by atoms with Gasteiger partial charge in [0.25, 0.3) is 11.1 Å². The normalized spacial score (nSPS) is 31.0. The number of thioether (sulfide) groups is 1. The molecular formula is C15H18N2O3S. The fourth-order valence-electron chi connectivity index (χ4n) is 2.85. The van der Waals surface area contributed by atoms with Crippen LogP contribution in [0.15, 0.2) is 30.3 Å². The Morgan fingerprint density at radius 3 is 2.33 bits per heavy atom. The van der Waals surface area contributed by atoms with Crippen LogP contribution in [0.25, 0.3) is 0 Å². The molecule has 0 saturated carbocycles. The van der Waals surface area contributed by atoms with Crippen LogP contribution in [0.3, 0.4) is 0 Å². The molecule has 1 aromatic rings. The minimum atomic E-state index is -0.438. The number of nitrogens with zero attached hydrogens (tertiary/aromatic N) is 2. The monoisotopic (exact) mass is 306 g/mol. The third-order valence-corrected chi connectivity index (χ3v) is 4.73. The number of morpholine rings is 1. The van der Waals surface area contributed by atoms with Gasteiger partial charge in [0.15, 0.2) is 0 Å². The number of carbonyl (C=O) groups is 2. The molecule has 2 aliphatic heterocycles. The number of carbonyl (C=O) groups excluding carboxylic acids is 2. The van der Waals surface area contributed by atoms with E-state index in [2.05, 4.69) is 0 Å². The lowest BCUT2D eigenvalue weighted by Gasteiger charge is -2.37. The molecule has 2 amide bonds. The fourth-order valence-corrected chi connectivity index (χ4v) is 3.87. The zero-order valence-electron chi connectivity index (χ0n) is 12.1. The Bertz CT molecular complexity index is 541. The predicted octanol–water partition coefficient (Wildman–Crippen LogP) is 2.32. The Labute approximate surface area is 128 Å². The molecule has 3 unspecified atom stereocenters. The third-order valence-electron chi connectivity index (χ3n) is 3.62. The van der Waals surface area contributed by atoms with Gasteiger partial charge in [0.05, 0.1) is 17.9 Å². The van der Waals surface area contributed by atoms with Crippen molar-refractivity contribution in [3.05, 3.63) is 30.3 Å². The van der Waals surface area contributed by atoms with Gasteiger partial charge < -0.3 is 4.74 Å². The highest BCUT2D eigenvalue weighted by atomic mass is 32.2. The van der Waals surface area contributed by atoms with Crippen molar-refractivity contribution in [3.63, 3.8) is 0 Å². The second-order valence-corrected chi connectivity index (χ2v) is 6.49. The average molecular weight is 306 g/mol. The van der Waals surface area contributed by atoms with Crippen LogP contribution in [-0.4, -0.2) is 46.7 Å². The van der Waals surface area contributed by atoms with Crippen LogP contribution in [0.1, 0.15) is 13.8 Å². The van der Waals surface area contributed by atoms with Crippen LogP contribution < -0.4 is 4.90 Å². The average Bonchev–Trinajstić information content (AvgIpc) is 2.74. The Balaban J connectivity index is 1.80. The molecule has 0 spiro atoms. The smallest absolute Gasteiger partial charge is 0.295 e. The van der Waals surface area contributed by atoms with Crippen molar-refractivity contribution in [2.75, 3.05) is 18.0 Å². The Kier molecular flexibility index (Phi) is 4.01. The van der Waals surface area contributed by atoms with Crippen molar-refractivity contribution in [3.8, 4) is 0 Å². The van der Waals surface area contributed by atoms with Crippen molar-refractivity contribution >= 4 is 28.6 Å². The molecule has 0 bridgehead atoms. The summed E-state index contributed by atoms with van der Waals surface area (Å²) in [7, 11) is 0. The number of para-hydroxylation sites is 1. The van der Waals surface area contributed by atoms with Gasteiger partial charge in [0, 0.05) is 13.1 Å². The maximum absolute atomic E-state index is 12.6. The number of hydrogen-bond donors (Lipinski definition) is 0. The summed E-state index contributed by atoms with van der Waals surface area (Å²) >= 11 is 1.10. The van der Waals surface area contributed by atoms with Crippen LogP contribution in [-0.2, 0) is 9.53 Å². The molecule has 2 saturated heterocycles. The van der Waals surface area contributed by atoms with E-state index in [1.165, 1.54) is 4.90 Å². The second-order valence-electron chi connectivity index (χ2n) is 5.46. The fraction of sp³-hybridized carbons (Fsp3) is 0.467. The van der Waals surface area contributed by atoms with Crippen LogP contribution >= 0.6 is 11.8 Å². The van der Waals surface area contributed by atoms with Gasteiger partial charge in [-0.3, -0.25) is 14.5 Å². The SMILES string of the molecule is CC1CN(C2SC(=O)N(c3ccccc3)C2=O)CC(C)O1. The van der Waals surface area contributed by atoms with Crippen molar-refractivity contribution in [1.29, 1.82) is 0 Å². The molecule has 1 aromatic carbocycles. The van der Waals surface area contributed by atoms with Gasteiger partial charge in [-0.2, -0.15) is 0 Å². The van der Waals surface area contributed by atoms with E-state index in [4.69, 9.17) is 4.74 Å². The molecule has 2 heterocycles. The quantitative estimate of drug-likeness (QED) is 0.839. The topological polar surface area (TPSA) is 49.9 Å². The first kappa shape index (κ1) is 14.6. The molecule has 0 aromatic heterocycles. The minimum absolute atomic E-state index is 0.0722. The highest BCUT2D eigenvalue weighted by Crippen LogP contribution is 2.34. The summed E-state index contributed by atoms with van der Waals surface area (Å²) in [4.78, 5) is 28.2. The summed E-state index contributed by atoms with van der Waals surface area (Å²) in [6.07, 6.45) is 0.144. The summed E-state index contributed by atoms with van der Waals surface area (Å²) < 4.78 is 5.69. The number of anilines is 1. The molecule has 0 N–H and O–H groups in total. The van der Waals surface area contributed by atoms with Gasteiger partial charge in [-0.1, -0.05) is 18.2 Å². The van der Waals surface area contributed by atoms with E-state index in [0.29, 0.717) is 18.8 Å². The standard InChI is InChI=1S/C15H18N2O3S/c1-10-8-16(9-11(2)20-10)14-13(18)17(15(19)21-14)12-6-4-3-5-7-12/h3-7,10-11,14H,8-9H2,1-2H3. The zero-order valence-corrected chi connectivity index (χ0v) is 12.9. The zero-order chi connectivity index (χ0) is 15.0. The maximum atomic E-state index is 12.6. The molecule has 3 atom stereocenters. The van der Waals surface area contributed by atoms with E-state index in [-0.39, 0.29) is 23.4 Å². The van der Waals surface area contributed by atoms with Crippen LogP contribution in [0.2, 0.25) is 0 Å². The number of imide groups is 1. The first-order valence-electron chi connectivity index (χ1n) is 7.05. The van der Waals surface area contributed by atoms with Crippen LogP contribution in [0.5, 0.6) is 0 Å². The van der Waals surface area contributed by atoms with E-state index in [9.17, 15) is 9.59 Å². The Morgan fingerprint density at radius 1 is 1.10 bits per heavy atom. The van der Waals surface area contributed by atoms with Gasteiger partial charge >= 0.3 is 0 Å². The highest BCUT2D eigenvalue weighted by molar-refractivity contribution is 8.15. The number of benzene rings is 1. The van der Waals surface area contributed by atoms with E-state index in [1.807, 2.05) is 36.9 Å². The summed E-state index contributed by atoms with van der Waals surface area (Å²) in [5, 5.41) is -0.644. The van der Waals surface area contributed by atoms with Crippen molar-refractivity contribution < 1.29 is 14.3 Å².